The first-order chi connectivity index (χ1) is 18.3. The van der Waals surface area contributed by atoms with Crippen molar-refractivity contribution in [1.29, 1.82) is 0 Å². The predicted molar refractivity (Wildman–Crippen MR) is 128 cm³/mol. The summed E-state index contributed by atoms with van der Waals surface area (Å²) >= 11 is 0. The lowest BCUT2D eigenvalue weighted by atomic mass is 9.81. The molecule has 1 fully saturated rings. The van der Waals surface area contributed by atoms with Crippen LogP contribution in [0.5, 0.6) is 0 Å². The van der Waals surface area contributed by atoms with E-state index in [1.165, 1.54) is 24.3 Å². The van der Waals surface area contributed by atoms with E-state index in [2.05, 4.69) is 10.6 Å². The second-order valence-electron chi connectivity index (χ2n) is 9.32. The van der Waals surface area contributed by atoms with Crippen LogP contribution >= 0.6 is 0 Å². The van der Waals surface area contributed by atoms with Crippen LogP contribution in [-0.2, 0) is 9.68 Å². The summed E-state index contributed by atoms with van der Waals surface area (Å²) in [5.41, 5.74) is 0.702. The molecule has 38 heavy (non-hydrogen) atoms. The highest BCUT2D eigenvalue weighted by Gasteiger charge is 2.40. The van der Waals surface area contributed by atoms with E-state index in [1.54, 1.807) is 24.3 Å². The molecular weight excluding hydrogens is 496 g/mol. The van der Waals surface area contributed by atoms with Gasteiger partial charge in [0.1, 0.15) is 0 Å². The normalized spacial score (nSPS) is 20.2. The highest BCUT2D eigenvalue weighted by molar-refractivity contribution is 6.21. The zero-order chi connectivity index (χ0) is 26.8. The van der Waals surface area contributed by atoms with Crippen molar-refractivity contribution in [2.24, 2.45) is 11.8 Å². The number of carbonyl (C=O) groups is 6. The Bertz CT molecular complexity index is 1170. The smallest absolute Gasteiger partial charge is 0.319 e. The molecule has 0 radical (unpaired) electrons. The zero-order valence-electron chi connectivity index (χ0n) is 20.2. The van der Waals surface area contributed by atoms with Crippen LogP contribution < -0.4 is 10.6 Å². The summed E-state index contributed by atoms with van der Waals surface area (Å²) in [5, 5.41) is 6.10. The van der Waals surface area contributed by atoms with Gasteiger partial charge in [-0.1, -0.05) is 40.8 Å². The van der Waals surface area contributed by atoms with E-state index < -0.39 is 35.8 Å². The number of benzene rings is 2. The van der Waals surface area contributed by atoms with Crippen molar-refractivity contribution in [3.05, 3.63) is 70.8 Å². The van der Waals surface area contributed by atoms with Crippen molar-refractivity contribution >= 4 is 35.8 Å². The molecule has 5 rings (SSSR count). The average Bonchev–Trinajstić information content (AvgIpc) is 3.32. The van der Waals surface area contributed by atoms with Crippen molar-refractivity contribution in [1.82, 2.24) is 20.8 Å². The summed E-state index contributed by atoms with van der Waals surface area (Å²) in [6.45, 7) is 0.524. The van der Waals surface area contributed by atoms with Gasteiger partial charge in [0, 0.05) is 13.1 Å². The van der Waals surface area contributed by atoms with Gasteiger partial charge in [0.25, 0.3) is 23.6 Å². The lowest BCUT2D eigenvalue weighted by molar-refractivity contribution is -0.0455. The molecule has 2 aromatic rings. The summed E-state index contributed by atoms with van der Waals surface area (Å²) < 4.78 is 0. The molecule has 3 aliphatic rings. The Labute approximate surface area is 216 Å². The van der Waals surface area contributed by atoms with Crippen LogP contribution in [0.4, 0.5) is 9.59 Å². The Morgan fingerprint density at radius 2 is 1.00 bits per heavy atom. The Morgan fingerprint density at radius 3 is 1.34 bits per heavy atom. The number of imide groups is 2. The summed E-state index contributed by atoms with van der Waals surface area (Å²) in [4.78, 5) is 83.8. The third-order valence-electron chi connectivity index (χ3n) is 6.82. The summed E-state index contributed by atoms with van der Waals surface area (Å²) in [7, 11) is 0. The van der Waals surface area contributed by atoms with E-state index in [0.29, 0.717) is 16.5 Å². The first-order valence-corrected chi connectivity index (χ1v) is 12.2. The van der Waals surface area contributed by atoms with Crippen molar-refractivity contribution < 1.29 is 38.4 Å². The second kappa shape index (κ2) is 10.3. The van der Waals surface area contributed by atoms with Gasteiger partial charge in [0.2, 0.25) is 0 Å². The zero-order valence-corrected chi connectivity index (χ0v) is 20.2. The van der Waals surface area contributed by atoms with Crippen LogP contribution in [0, 0.1) is 11.8 Å². The molecule has 2 aromatic carbocycles. The maximum absolute atomic E-state index is 12.3. The molecule has 1 aliphatic carbocycles. The SMILES string of the molecule is O=C(NCC1CCCC(CNC(=O)ON2C(=O)c3ccccc3C2=O)C1)ON1C(=O)c2ccccc2C1=O. The Kier molecular flexibility index (Phi) is 6.77. The molecular formula is C26H24N4O8. The fraction of sp³-hybridized carbons (Fsp3) is 0.308. The standard InChI is InChI=1S/C26H24N4O8/c31-21-17-8-1-2-9-18(17)22(32)29(21)37-25(35)27-13-15-6-5-7-16(12-15)14-28-26(36)38-30-23(33)19-10-3-4-11-20(19)24(30)34/h1-4,8-11,15-16H,5-7,12-14H2,(H,27,35)(H,28,36). The fourth-order valence-corrected chi connectivity index (χ4v) is 4.96. The number of hydroxylamine groups is 4. The molecule has 0 spiro atoms. The van der Waals surface area contributed by atoms with E-state index >= 15 is 0 Å². The fourth-order valence-electron chi connectivity index (χ4n) is 4.96. The largest absolute Gasteiger partial charge is 0.432 e. The molecule has 0 aromatic heterocycles. The predicted octanol–water partition coefficient (Wildman–Crippen LogP) is 2.67. The first-order valence-electron chi connectivity index (χ1n) is 12.2. The molecule has 12 nitrogen and oxygen atoms in total. The molecule has 196 valence electrons. The van der Waals surface area contributed by atoms with E-state index in [9.17, 15) is 28.8 Å². The minimum atomic E-state index is -0.913. The average molecular weight is 520 g/mol. The van der Waals surface area contributed by atoms with Gasteiger partial charge in [-0.3, -0.25) is 19.2 Å². The van der Waals surface area contributed by atoms with E-state index in [4.69, 9.17) is 9.68 Å². The number of rotatable bonds is 6. The Morgan fingerprint density at radius 1 is 0.658 bits per heavy atom. The number of amides is 6. The number of nitrogens with zero attached hydrogens (tertiary/aromatic N) is 2. The van der Waals surface area contributed by atoms with E-state index in [-0.39, 0.29) is 47.2 Å². The molecule has 2 aliphatic heterocycles. The molecule has 0 bridgehead atoms. The van der Waals surface area contributed by atoms with Gasteiger partial charge < -0.3 is 20.3 Å². The van der Waals surface area contributed by atoms with Crippen LogP contribution in [0.25, 0.3) is 0 Å². The summed E-state index contributed by atoms with van der Waals surface area (Å²) in [5.74, 6) is -2.62. The molecule has 2 atom stereocenters. The van der Waals surface area contributed by atoms with Crippen molar-refractivity contribution in [2.75, 3.05) is 13.1 Å². The minimum absolute atomic E-state index is 0.0811. The van der Waals surface area contributed by atoms with Crippen LogP contribution in [-0.4, -0.2) is 59.0 Å². The van der Waals surface area contributed by atoms with Gasteiger partial charge in [0.15, 0.2) is 0 Å². The van der Waals surface area contributed by atoms with Gasteiger partial charge in [-0.2, -0.15) is 0 Å². The number of hydrogen-bond donors (Lipinski definition) is 2. The van der Waals surface area contributed by atoms with Crippen molar-refractivity contribution in [3.63, 3.8) is 0 Å². The monoisotopic (exact) mass is 520 g/mol. The lowest BCUT2D eigenvalue weighted by Crippen LogP contribution is -2.41. The maximum Gasteiger partial charge on any atom is 0.432 e. The van der Waals surface area contributed by atoms with E-state index in [0.717, 1.165) is 19.3 Å². The third kappa shape index (κ3) is 4.80. The van der Waals surface area contributed by atoms with Gasteiger partial charge in [0.05, 0.1) is 22.3 Å². The second-order valence-corrected chi connectivity index (χ2v) is 9.32. The van der Waals surface area contributed by atoms with Gasteiger partial charge in [-0.25, -0.2) is 9.59 Å². The first kappa shape index (κ1) is 24.9. The maximum atomic E-state index is 12.3. The Hall–Kier alpha value is -4.74. The van der Waals surface area contributed by atoms with Crippen LogP contribution in [0.15, 0.2) is 48.5 Å². The minimum Gasteiger partial charge on any atom is -0.319 e. The van der Waals surface area contributed by atoms with Gasteiger partial charge in [-0.15, -0.1) is 0 Å². The van der Waals surface area contributed by atoms with Crippen LogP contribution in [0.1, 0.15) is 67.1 Å². The van der Waals surface area contributed by atoms with Crippen molar-refractivity contribution in [3.8, 4) is 0 Å². The topological polar surface area (TPSA) is 151 Å². The number of fused-ring (bicyclic) bond motifs is 2. The summed E-state index contributed by atoms with van der Waals surface area (Å²) in [6, 6.07) is 12.4. The van der Waals surface area contributed by atoms with Crippen LogP contribution in [0.2, 0.25) is 0 Å². The number of hydrogen-bond acceptors (Lipinski definition) is 8. The molecule has 2 unspecified atom stereocenters. The Balaban J connectivity index is 1.05. The third-order valence-corrected chi connectivity index (χ3v) is 6.82. The highest BCUT2D eigenvalue weighted by atomic mass is 16.7. The van der Waals surface area contributed by atoms with E-state index in [1.807, 2.05) is 0 Å². The molecule has 12 heteroatoms. The quantitative estimate of drug-likeness (QED) is 0.552. The number of nitrogens with one attached hydrogen (secondary N) is 2. The molecule has 6 amide bonds. The summed E-state index contributed by atoms with van der Waals surface area (Å²) in [6.07, 6.45) is 1.39. The molecule has 0 saturated heterocycles. The van der Waals surface area contributed by atoms with Crippen molar-refractivity contribution in [2.45, 2.75) is 25.7 Å². The number of carbonyl (C=O) groups excluding carboxylic acids is 6. The van der Waals surface area contributed by atoms with Crippen LogP contribution in [0.3, 0.4) is 0 Å². The highest BCUT2D eigenvalue weighted by Crippen LogP contribution is 2.29. The van der Waals surface area contributed by atoms with Gasteiger partial charge in [-0.05, 0) is 55.4 Å². The lowest BCUT2D eigenvalue weighted by Gasteiger charge is -2.29. The van der Waals surface area contributed by atoms with Gasteiger partial charge >= 0.3 is 12.2 Å². The molecule has 2 N–H and O–H groups in total. The molecule has 1 saturated carbocycles. The molecule has 2 heterocycles.